The molecular formula is C15H24N2O4. The predicted octanol–water partition coefficient (Wildman–Crippen LogP) is 1.09. The third-order valence-electron chi connectivity index (χ3n) is 3.16. The summed E-state index contributed by atoms with van der Waals surface area (Å²) < 4.78 is 0. The van der Waals surface area contributed by atoms with Crippen molar-refractivity contribution in [3.05, 3.63) is 35.9 Å². The minimum absolute atomic E-state index is 0.0718. The van der Waals surface area contributed by atoms with Gasteiger partial charge in [-0.05, 0) is 17.9 Å². The van der Waals surface area contributed by atoms with Crippen LogP contribution in [0.4, 0.5) is 0 Å². The van der Waals surface area contributed by atoms with E-state index in [0.29, 0.717) is 6.42 Å². The van der Waals surface area contributed by atoms with Crippen LogP contribution in [0.1, 0.15) is 25.8 Å². The van der Waals surface area contributed by atoms with Gasteiger partial charge in [0.15, 0.2) is 0 Å². The van der Waals surface area contributed by atoms with Crippen molar-refractivity contribution in [2.45, 2.75) is 38.8 Å². The lowest BCUT2D eigenvalue weighted by atomic mass is 10.0. The second kappa shape index (κ2) is 9.90. The highest BCUT2D eigenvalue weighted by Crippen LogP contribution is 2.04. The Morgan fingerprint density at radius 3 is 1.95 bits per heavy atom. The van der Waals surface area contributed by atoms with E-state index in [1.165, 1.54) is 0 Å². The van der Waals surface area contributed by atoms with Crippen molar-refractivity contribution in [3.63, 3.8) is 0 Å². The summed E-state index contributed by atoms with van der Waals surface area (Å²) >= 11 is 0. The van der Waals surface area contributed by atoms with E-state index in [-0.39, 0.29) is 5.92 Å². The normalized spacial score (nSPS) is 14.3. The van der Waals surface area contributed by atoms with Gasteiger partial charge in [0.25, 0.3) is 0 Å². The summed E-state index contributed by atoms with van der Waals surface area (Å²) in [5, 5.41) is 16.9. The molecule has 118 valence electrons. The quantitative estimate of drug-likeness (QED) is 0.622. The zero-order valence-corrected chi connectivity index (χ0v) is 12.4. The Morgan fingerprint density at radius 2 is 1.62 bits per heavy atom. The zero-order valence-electron chi connectivity index (χ0n) is 12.4. The number of benzene rings is 1. The molecular weight excluding hydrogens is 272 g/mol. The molecule has 6 N–H and O–H groups in total. The van der Waals surface area contributed by atoms with E-state index < -0.39 is 24.0 Å². The van der Waals surface area contributed by atoms with Gasteiger partial charge in [0.2, 0.25) is 0 Å². The van der Waals surface area contributed by atoms with Crippen LogP contribution < -0.4 is 11.5 Å². The molecule has 0 radical (unpaired) electrons. The van der Waals surface area contributed by atoms with Crippen LogP contribution in [0.15, 0.2) is 30.3 Å². The molecule has 21 heavy (non-hydrogen) atoms. The lowest BCUT2D eigenvalue weighted by molar-refractivity contribution is -0.140. The maximum atomic E-state index is 10.4. The molecule has 0 saturated heterocycles. The number of hydrogen-bond acceptors (Lipinski definition) is 4. The molecule has 0 heterocycles. The van der Waals surface area contributed by atoms with Gasteiger partial charge in [0, 0.05) is 0 Å². The SMILES string of the molecule is CC[C@H](C)[C@H](N)C(=O)O.N[C@@H](Cc1ccccc1)C(=O)O. The van der Waals surface area contributed by atoms with Gasteiger partial charge in [-0.2, -0.15) is 0 Å². The van der Waals surface area contributed by atoms with Crippen molar-refractivity contribution in [3.8, 4) is 0 Å². The average molecular weight is 296 g/mol. The van der Waals surface area contributed by atoms with Gasteiger partial charge in [0.1, 0.15) is 12.1 Å². The third kappa shape index (κ3) is 8.06. The Labute approximate surface area is 124 Å². The fraction of sp³-hybridized carbons (Fsp3) is 0.467. The second-order valence-corrected chi connectivity index (χ2v) is 4.88. The van der Waals surface area contributed by atoms with E-state index in [2.05, 4.69) is 0 Å². The minimum atomic E-state index is -0.959. The highest BCUT2D eigenvalue weighted by molar-refractivity contribution is 5.73. The van der Waals surface area contributed by atoms with Crippen molar-refractivity contribution < 1.29 is 19.8 Å². The van der Waals surface area contributed by atoms with Gasteiger partial charge in [-0.25, -0.2) is 0 Å². The molecule has 6 nitrogen and oxygen atoms in total. The summed E-state index contributed by atoms with van der Waals surface area (Å²) in [6, 6.07) is 7.84. The lowest BCUT2D eigenvalue weighted by Gasteiger charge is -2.11. The number of rotatable bonds is 6. The number of carbonyl (C=O) groups is 2. The van der Waals surface area contributed by atoms with Crippen LogP contribution in [0.3, 0.4) is 0 Å². The van der Waals surface area contributed by atoms with Crippen molar-refractivity contribution in [1.29, 1.82) is 0 Å². The summed E-state index contributed by atoms with van der Waals surface area (Å²) in [7, 11) is 0. The van der Waals surface area contributed by atoms with E-state index in [1.807, 2.05) is 44.2 Å². The first-order valence-corrected chi connectivity index (χ1v) is 6.80. The van der Waals surface area contributed by atoms with Gasteiger partial charge >= 0.3 is 11.9 Å². The predicted molar refractivity (Wildman–Crippen MR) is 80.8 cm³/mol. The summed E-state index contributed by atoms with van der Waals surface area (Å²) in [5.41, 5.74) is 11.6. The molecule has 1 aromatic carbocycles. The summed E-state index contributed by atoms with van der Waals surface area (Å²) in [5.74, 6) is -1.80. The van der Waals surface area contributed by atoms with E-state index in [1.54, 1.807) is 0 Å². The van der Waals surface area contributed by atoms with E-state index >= 15 is 0 Å². The van der Waals surface area contributed by atoms with E-state index in [4.69, 9.17) is 21.7 Å². The second-order valence-electron chi connectivity index (χ2n) is 4.88. The molecule has 0 spiro atoms. The Hall–Kier alpha value is -1.92. The molecule has 0 aliphatic heterocycles. The van der Waals surface area contributed by atoms with Crippen LogP contribution in [0, 0.1) is 5.92 Å². The fourth-order valence-electron chi connectivity index (χ4n) is 1.45. The van der Waals surface area contributed by atoms with Gasteiger partial charge in [-0.1, -0.05) is 50.6 Å². The van der Waals surface area contributed by atoms with Crippen LogP contribution in [-0.2, 0) is 16.0 Å². The first-order valence-electron chi connectivity index (χ1n) is 6.80. The number of carboxylic acid groups (broad SMARTS) is 2. The summed E-state index contributed by atoms with van der Waals surface area (Å²) in [6.07, 6.45) is 1.20. The highest BCUT2D eigenvalue weighted by atomic mass is 16.4. The van der Waals surface area contributed by atoms with Crippen LogP contribution in [0.25, 0.3) is 0 Å². The Balaban J connectivity index is 0.000000400. The molecule has 0 aliphatic rings. The van der Waals surface area contributed by atoms with Crippen molar-refractivity contribution in [2.75, 3.05) is 0 Å². The molecule has 1 rings (SSSR count). The van der Waals surface area contributed by atoms with Crippen LogP contribution >= 0.6 is 0 Å². The monoisotopic (exact) mass is 296 g/mol. The minimum Gasteiger partial charge on any atom is -0.480 e. The van der Waals surface area contributed by atoms with Gasteiger partial charge in [0.05, 0.1) is 0 Å². The third-order valence-corrected chi connectivity index (χ3v) is 3.16. The van der Waals surface area contributed by atoms with Crippen LogP contribution in [0.2, 0.25) is 0 Å². The molecule has 0 saturated carbocycles. The maximum Gasteiger partial charge on any atom is 0.320 e. The first-order chi connectivity index (χ1) is 9.79. The molecule has 1 aromatic rings. The highest BCUT2D eigenvalue weighted by Gasteiger charge is 2.17. The molecule has 6 heteroatoms. The number of nitrogens with two attached hydrogens (primary N) is 2. The van der Waals surface area contributed by atoms with Gasteiger partial charge < -0.3 is 21.7 Å². The van der Waals surface area contributed by atoms with Crippen LogP contribution in [0.5, 0.6) is 0 Å². The summed E-state index contributed by atoms with van der Waals surface area (Å²) in [4.78, 5) is 20.6. The number of hydrogen-bond donors (Lipinski definition) is 4. The maximum absolute atomic E-state index is 10.4. The average Bonchev–Trinajstić information content (AvgIpc) is 2.47. The Bertz CT molecular complexity index is 437. The molecule has 0 aliphatic carbocycles. The largest absolute Gasteiger partial charge is 0.480 e. The molecule has 3 atom stereocenters. The first kappa shape index (κ1) is 19.1. The molecule has 0 fully saturated rings. The van der Waals surface area contributed by atoms with Crippen molar-refractivity contribution in [2.24, 2.45) is 17.4 Å². The topological polar surface area (TPSA) is 127 Å². The van der Waals surface area contributed by atoms with E-state index in [0.717, 1.165) is 12.0 Å². The van der Waals surface area contributed by atoms with Crippen molar-refractivity contribution in [1.82, 2.24) is 0 Å². The molecule has 0 bridgehead atoms. The zero-order chi connectivity index (χ0) is 16.4. The fourth-order valence-corrected chi connectivity index (χ4v) is 1.45. The van der Waals surface area contributed by atoms with Crippen LogP contribution in [-0.4, -0.2) is 34.2 Å². The Morgan fingerprint density at radius 1 is 1.10 bits per heavy atom. The number of carboxylic acids is 2. The van der Waals surface area contributed by atoms with Crippen molar-refractivity contribution >= 4 is 11.9 Å². The lowest BCUT2D eigenvalue weighted by Crippen LogP contribution is -2.36. The number of aliphatic carboxylic acids is 2. The molecule has 0 aromatic heterocycles. The summed E-state index contributed by atoms with van der Waals surface area (Å²) in [6.45, 7) is 3.76. The smallest absolute Gasteiger partial charge is 0.320 e. The van der Waals surface area contributed by atoms with Gasteiger partial charge in [-0.3, -0.25) is 9.59 Å². The molecule has 0 unspecified atom stereocenters. The van der Waals surface area contributed by atoms with E-state index in [9.17, 15) is 9.59 Å². The Kier molecular flexibility index (Phi) is 9.00. The molecule has 0 amide bonds. The standard InChI is InChI=1S/C9H11NO2.C6H13NO2/c10-8(9(11)12)6-7-4-2-1-3-5-7;1-3-4(2)5(7)6(8)9/h1-5,8H,6,10H2,(H,11,12);4-5H,3,7H2,1-2H3,(H,8,9)/t8-;4-,5-/m00/s1. The van der Waals surface area contributed by atoms with Gasteiger partial charge in [-0.15, -0.1) is 0 Å².